The Bertz CT molecular complexity index is 509. The second kappa shape index (κ2) is 5.25. The number of aldehydes is 1. The summed E-state index contributed by atoms with van der Waals surface area (Å²) < 4.78 is 0. The van der Waals surface area contributed by atoms with E-state index in [1.807, 2.05) is 18.3 Å². The minimum atomic E-state index is 0.191. The Balaban J connectivity index is 2.13. The first-order chi connectivity index (χ1) is 8.29. The molecule has 0 saturated carbocycles. The number of hydrogen-bond acceptors (Lipinski definition) is 3. The smallest absolute Gasteiger partial charge is 0.150 e. The summed E-state index contributed by atoms with van der Waals surface area (Å²) in [4.78, 5) is 14.9. The maximum Gasteiger partial charge on any atom is 0.150 e. The molecule has 0 aliphatic carbocycles. The van der Waals surface area contributed by atoms with E-state index in [0.717, 1.165) is 23.8 Å². The van der Waals surface area contributed by atoms with Crippen LogP contribution < -0.4 is 0 Å². The van der Waals surface area contributed by atoms with Crippen molar-refractivity contribution in [3.8, 4) is 5.75 Å². The highest BCUT2D eigenvalue weighted by Gasteiger charge is 2.03. The number of phenols is 1. The Morgan fingerprint density at radius 3 is 2.82 bits per heavy atom. The molecule has 0 radical (unpaired) electrons. The van der Waals surface area contributed by atoms with Gasteiger partial charge in [-0.1, -0.05) is 6.07 Å². The first-order valence-electron chi connectivity index (χ1n) is 5.45. The quantitative estimate of drug-likeness (QED) is 0.816. The summed E-state index contributed by atoms with van der Waals surface area (Å²) in [6, 6.07) is 8.69. The van der Waals surface area contributed by atoms with E-state index in [4.69, 9.17) is 0 Å². The fourth-order valence-electron chi connectivity index (χ4n) is 1.75. The molecule has 3 nitrogen and oxygen atoms in total. The van der Waals surface area contributed by atoms with Crippen LogP contribution in [-0.4, -0.2) is 16.4 Å². The molecule has 2 aromatic rings. The summed E-state index contributed by atoms with van der Waals surface area (Å²) in [5.74, 6) is 0.191. The summed E-state index contributed by atoms with van der Waals surface area (Å²) in [5, 5.41) is 9.40. The predicted molar refractivity (Wildman–Crippen MR) is 65.1 cm³/mol. The standard InChI is InChI=1S/C14H13NO2/c16-10-13-5-6-14(17)8-12(13)4-3-11-2-1-7-15-9-11/h1-2,5-10,17H,3-4H2. The van der Waals surface area contributed by atoms with E-state index in [2.05, 4.69) is 4.98 Å². The second-order valence-corrected chi connectivity index (χ2v) is 3.86. The van der Waals surface area contributed by atoms with Gasteiger partial charge in [0, 0.05) is 18.0 Å². The van der Waals surface area contributed by atoms with Crippen molar-refractivity contribution in [1.29, 1.82) is 0 Å². The van der Waals surface area contributed by atoms with Gasteiger partial charge in [0.05, 0.1) is 0 Å². The number of aromatic nitrogens is 1. The van der Waals surface area contributed by atoms with Gasteiger partial charge in [0.25, 0.3) is 0 Å². The number of nitrogens with zero attached hydrogens (tertiary/aromatic N) is 1. The number of carbonyl (C=O) groups is 1. The molecule has 86 valence electrons. The van der Waals surface area contributed by atoms with Crippen molar-refractivity contribution in [2.24, 2.45) is 0 Å². The number of pyridine rings is 1. The zero-order chi connectivity index (χ0) is 12.1. The van der Waals surface area contributed by atoms with Crippen molar-refractivity contribution in [2.45, 2.75) is 12.8 Å². The summed E-state index contributed by atoms with van der Waals surface area (Å²) in [6.07, 6.45) is 5.88. The van der Waals surface area contributed by atoms with Gasteiger partial charge in [-0.05, 0) is 48.2 Å². The van der Waals surface area contributed by atoms with E-state index in [0.29, 0.717) is 12.0 Å². The molecule has 3 heteroatoms. The zero-order valence-electron chi connectivity index (χ0n) is 9.34. The van der Waals surface area contributed by atoms with E-state index < -0.39 is 0 Å². The molecule has 0 atom stereocenters. The third-order valence-electron chi connectivity index (χ3n) is 2.66. The van der Waals surface area contributed by atoms with Crippen molar-refractivity contribution < 1.29 is 9.90 Å². The molecular formula is C14H13NO2. The van der Waals surface area contributed by atoms with Crippen molar-refractivity contribution >= 4 is 6.29 Å². The lowest BCUT2D eigenvalue weighted by molar-refractivity contribution is 0.112. The minimum Gasteiger partial charge on any atom is -0.508 e. The predicted octanol–water partition coefficient (Wildman–Crippen LogP) is 2.38. The van der Waals surface area contributed by atoms with Gasteiger partial charge in [0.2, 0.25) is 0 Å². The van der Waals surface area contributed by atoms with Crippen LogP contribution in [0.3, 0.4) is 0 Å². The first-order valence-corrected chi connectivity index (χ1v) is 5.45. The van der Waals surface area contributed by atoms with Gasteiger partial charge in [0.1, 0.15) is 12.0 Å². The average molecular weight is 227 g/mol. The van der Waals surface area contributed by atoms with Gasteiger partial charge < -0.3 is 5.11 Å². The van der Waals surface area contributed by atoms with E-state index >= 15 is 0 Å². The van der Waals surface area contributed by atoms with Crippen molar-refractivity contribution in [3.05, 3.63) is 59.4 Å². The van der Waals surface area contributed by atoms with E-state index in [-0.39, 0.29) is 5.75 Å². The van der Waals surface area contributed by atoms with Crippen LogP contribution in [0.25, 0.3) is 0 Å². The number of phenolic OH excluding ortho intramolecular Hbond substituents is 1. The molecule has 17 heavy (non-hydrogen) atoms. The Kier molecular flexibility index (Phi) is 3.50. The van der Waals surface area contributed by atoms with Crippen molar-refractivity contribution in [1.82, 2.24) is 4.98 Å². The molecule has 0 spiro atoms. The number of aryl methyl sites for hydroxylation is 2. The monoisotopic (exact) mass is 227 g/mol. The number of carbonyl (C=O) groups excluding carboxylic acids is 1. The highest BCUT2D eigenvalue weighted by atomic mass is 16.3. The third-order valence-corrected chi connectivity index (χ3v) is 2.66. The van der Waals surface area contributed by atoms with Crippen LogP contribution in [-0.2, 0) is 12.8 Å². The molecule has 0 saturated heterocycles. The summed E-state index contributed by atoms with van der Waals surface area (Å²) in [5.41, 5.74) is 2.61. The number of aromatic hydroxyl groups is 1. The third kappa shape index (κ3) is 2.91. The Morgan fingerprint density at radius 2 is 2.12 bits per heavy atom. The van der Waals surface area contributed by atoms with Crippen LogP contribution in [0.4, 0.5) is 0 Å². The average Bonchev–Trinajstić information content (AvgIpc) is 2.38. The molecule has 0 bridgehead atoms. The minimum absolute atomic E-state index is 0.191. The van der Waals surface area contributed by atoms with Gasteiger partial charge in [-0.25, -0.2) is 0 Å². The van der Waals surface area contributed by atoms with Gasteiger partial charge in [-0.2, -0.15) is 0 Å². The van der Waals surface area contributed by atoms with E-state index in [9.17, 15) is 9.90 Å². The van der Waals surface area contributed by atoms with Crippen LogP contribution in [0.1, 0.15) is 21.5 Å². The SMILES string of the molecule is O=Cc1ccc(O)cc1CCc1cccnc1. The molecule has 2 rings (SSSR count). The molecule has 1 aromatic carbocycles. The molecule has 1 N–H and O–H groups in total. The maximum atomic E-state index is 10.9. The molecule has 0 fully saturated rings. The molecule has 0 aliphatic heterocycles. The fourth-order valence-corrected chi connectivity index (χ4v) is 1.75. The van der Waals surface area contributed by atoms with Gasteiger partial charge in [-0.15, -0.1) is 0 Å². The summed E-state index contributed by atoms with van der Waals surface area (Å²) >= 11 is 0. The van der Waals surface area contributed by atoms with Crippen LogP contribution in [0.2, 0.25) is 0 Å². The number of rotatable bonds is 4. The molecular weight excluding hydrogens is 214 g/mol. The van der Waals surface area contributed by atoms with E-state index in [1.165, 1.54) is 6.07 Å². The molecule has 1 aromatic heterocycles. The summed E-state index contributed by atoms with van der Waals surface area (Å²) in [7, 11) is 0. The lowest BCUT2D eigenvalue weighted by Crippen LogP contribution is -1.96. The highest BCUT2D eigenvalue weighted by Crippen LogP contribution is 2.17. The normalized spacial score (nSPS) is 10.1. The highest BCUT2D eigenvalue weighted by molar-refractivity contribution is 5.77. The maximum absolute atomic E-state index is 10.9. The Morgan fingerprint density at radius 1 is 1.24 bits per heavy atom. The lowest BCUT2D eigenvalue weighted by atomic mass is 10.0. The topological polar surface area (TPSA) is 50.2 Å². The first kappa shape index (κ1) is 11.3. The molecule has 0 unspecified atom stereocenters. The van der Waals surface area contributed by atoms with Crippen molar-refractivity contribution in [3.63, 3.8) is 0 Å². The molecule has 1 heterocycles. The molecule has 0 aliphatic rings. The lowest BCUT2D eigenvalue weighted by Gasteiger charge is -2.05. The second-order valence-electron chi connectivity index (χ2n) is 3.86. The van der Waals surface area contributed by atoms with Crippen molar-refractivity contribution in [2.75, 3.05) is 0 Å². The van der Waals surface area contributed by atoms with E-state index in [1.54, 1.807) is 18.3 Å². The van der Waals surface area contributed by atoms with Crippen LogP contribution >= 0.6 is 0 Å². The number of benzene rings is 1. The Hall–Kier alpha value is -2.16. The van der Waals surface area contributed by atoms with Crippen LogP contribution in [0.5, 0.6) is 5.75 Å². The van der Waals surface area contributed by atoms with Crippen LogP contribution in [0, 0.1) is 0 Å². The number of hydrogen-bond donors (Lipinski definition) is 1. The Labute approximate surface area is 99.8 Å². The van der Waals surface area contributed by atoms with Gasteiger partial charge >= 0.3 is 0 Å². The van der Waals surface area contributed by atoms with Gasteiger partial charge in [-0.3, -0.25) is 9.78 Å². The summed E-state index contributed by atoms with van der Waals surface area (Å²) in [6.45, 7) is 0. The zero-order valence-corrected chi connectivity index (χ0v) is 9.34. The fraction of sp³-hybridized carbons (Fsp3) is 0.143. The van der Waals surface area contributed by atoms with Gasteiger partial charge in [0.15, 0.2) is 0 Å². The molecule has 0 amide bonds. The largest absolute Gasteiger partial charge is 0.508 e. The van der Waals surface area contributed by atoms with Crippen LogP contribution in [0.15, 0.2) is 42.7 Å².